The number of hydrogen-bond donors (Lipinski definition) is 1. The summed E-state index contributed by atoms with van der Waals surface area (Å²) in [4.78, 5) is 3.70. The van der Waals surface area contributed by atoms with Crippen molar-refractivity contribution in [2.45, 2.75) is 4.90 Å². The molecule has 9 heteroatoms. The Hall–Kier alpha value is -0.250. The molecule has 0 radical (unpaired) electrons. The molecule has 0 unspecified atom stereocenters. The highest BCUT2D eigenvalue weighted by atomic mass is 79.9. The molecule has 1 aromatic heterocycles. The summed E-state index contributed by atoms with van der Waals surface area (Å²) >= 11 is 8.91. The van der Waals surface area contributed by atoms with Gasteiger partial charge in [0.15, 0.2) is 0 Å². The smallest absolute Gasteiger partial charge is 0.243 e. The van der Waals surface area contributed by atoms with Gasteiger partial charge in [-0.05, 0) is 22.0 Å². The van der Waals surface area contributed by atoms with Gasteiger partial charge in [-0.25, -0.2) is 18.1 Å². The van der Waals surface area contributed by atoms with E-state index in [0.717, 1.165) is 0 Å². The van der Waals surface area contributed by atoms with Crippen molar-refractivity contribution < 1.29 is 17.9 Å². The molecule has 19 heavy (non-hydrogen) atoms. The number of sulfonamides is 1. The molecular formula is C10H14BrClN2O4S. The van der Waals surface area contributed by atoms with Gasteiger partial charge in [0.2, 0.25) is 10.0 Å². The minimum atomic E-state index is -3.69. The van der Waals surface area contributed by atoms with E-state index in [1.807, 2.05) is 0 Å². The first-order chi connectivity index (χ1) is 8.97. The van der Waals surface area contributed by atoms with Crippen molar-refractivity contribution in [1.29, 1.82) is 0 Å². The second kappa shape index (κ2) is 8.13. The molecule has 0 saturated carbocycles. The highest BCUT2D eigenvalue weighted by Gasteiger charge is 2.18. The fourth-order valence-electron chi connectivity index (χ4n) is 1.16. The SMILES string of the molecule is COCCOCCNS(=O)(=O)c1cc(Br)cnc1Cl. The molecule has 1 rings (SSSR count). The zero-order chi connectivity index (χ0) is 14.3. The average molecular weight is 374 g/mol. The fraction of sp³-hybridized carbons (Fsp3) is 0.500. The van der Waals surface area contributed by atoms with Crippen molar-refractivity contribution in [2.24, 2.45) is 0 Å². The number of hydrogen-bond acceptors (Lipinski definition) is 5. The number of rotatable bonds is 8. The zero-order valence-electron chi connectivity index (χ0n) is 10.2. The van der Waals surface area contributed by atoms with Crippen LogP contribution < -0.4 is 4.72 Å². The van der Waals surface area contributed by atoms with Gasteiger partial charge in [0.25, 0.3) is 0 Å². The standard InChI is InChI=1S/C10H14BrClN2O4S/c1-17-4-5-18-3-2-14-19(15,16)9-6-8(11)7-13-10(9)12/h6-7,14H,2-5H2,1H3. The molecule has 0 bridgehead atoms. The van der Waals surface area contributed by atoms with E-state index in [4.69, 9.17) is 21.1 Å². The summed E-state index contributed by atoms with van der Waals surface area (Å²) in [7, 11) is -2.13. The van der Waals surface area contributed by atoms with Gasteiger partial charge in [0.05, 0.1) is 19.8 Å². The molecule has 0 saturated heterocycles. The monoisotopic (exact) mass is 372 g/mol. The van der Waals surface area contributed by atoms with E-state index in [2.05, 4.69) is 25.6 Å². The van der Waals surface area contributed by atoms with Gasteiger partial charge >= 0.3 is 0 Å². The molecule has 0 amide bonds. The lowest BCUT2D eigenvalue weighted by Crippen LogP contribution is -2.28. The van der Waals surface area contributed by atoms with Crippen LogP contribution in [0.4, 0.5) is 0 Å². The molecule has 108 valence electrons. The highest BCUT2D eigenvalue weighted by molar-refractivity contribution is 9.10. The Morgan fingerprint density at radius 1 is 1.42 bits per heavy atom. The quantitative estimate of drug-likeness (QED) is 0.551. The third-order valence-electron chi connectivity index (χ3n) is 2.03. The number of methoxy groups -OCH3 is 1. The van der Waals surface area contributed by atoms with Crippen LogP contribution in [0.15, 0.2) is 21.6 Å². The molecule has 0 atom stereocenters. The third kappa shape index (κ3) is 5.72. The Morgan fingerprint density at radius 2 is 2.16 bits per heavy atom. The highest BCUT2D eigenvalue weighted by Crippen LogP contribution is 2.22. The van der Waals surface area contributed by atoms with Crippen molar-refractivity contribution in [3.63, 3.8) is 0 Å². The Bertz CT molecular complexity index is 512. The second-order valence-corrected chi connectivity index (χ2v) is 6.45. The lowest BCUT2D eigenvalue weighted by Gasteiger charge is -2.08. The van der Waals surface area contributed by atoms with Crippen molar-refractivity contribution >= 4 is 37.6 Å². The Balaban J connectivity index is 2.54. The lowest BCUT2D eigenvalue weighted by molar-refractivity contribution is 0.0736. The van der Waals surface area contributed by atoms with Crippen LogP contribution in [0.3, 0.4) is 0 Å². The molecule has 1 aromatic rings. The number of nitrogens with one attached hydrogen (secondary N) is 1. The lowest BCUT2D eigenvalue weighted by atomic mass is 10.5. The fourth-order valence-corrected chi connectivity index (χ4v) is 3.12. The molecule has 0 aromatic carbocycles. The van der Waals surface area contributed by atoms with E-state index in [-0.39, 0.29) is 23.2 Å². The molecule has 0 fully saturated rings. The van der Waals surface area contributed by atoms with Crippen molar-refractivity contribution in [3.05, 3.63) is 21.9 Å². The van der Waals surface area contributed by atoms with Crippen molar-refractivity contribution in [2.75, 3.05) is 33.5 Å². The summed E-state index contributed by atoms with van der Waals surface area (Å²) < 4.78 is 36.8. The topological polar surface area (TPSA) is 77.5 Å². The van der Waals surface area contributed by atoms with Gasteiger partial charge in [-0.2, -0.15) is 0 Å². The number of nitrogens with zero attached hydrogens (tertiary/aromatic N) is 1. The van der Waals surface area contributed by atoms with E-state index in [1.54, 1.807) is 7.11 Å². The van der Waals surface area contributed by atoms with Crippen LogP contribution in [0.1, 0.15) is 0 Å². The van der Waals surface area contributed by atoms with Crippen LogP contribution in [0.5, 0.6) is 0 Å². The largest absolute Gasteiger partial charge is 0.382 e. The Kier molecular flexibility index (Phi) is 7.19. The number of halogens is 2. The molecule has 0 aliphatic heterocycles. The zero-order valence-corrected chi connectivity index (χ0v) is 13.4. The molecular weight excluding hydrogens is 360 g/mol. The van der Waals surface area contributed by atoms with E-state index in [0.29, 0.717) is 17.7 Å². The summed E-state index contributed by atoms with van der Waals surface area (Å²) in [5, 5.41) is -0.0731. The van der Waals surface area contributed by atoms with Gasteiger partial charge < -0.3 is 9.47 Å². The predicted octanol–water partition coefficient (Wildman–Crippen LogP) is 1.44. The van der Waals surface area contributed by atoms with Crippen LogP contribution >= 0.6 is 27.5 Å². The minimum absolute atomic E-state index is 0.0690. The summed E-state index contributed by atoms with van der Waals surface area (Å²) in [6.07, 6.45) is 1.43. The normalized spacial score (nSPS) is 11.7. The maximum absolute atomic E-state index is 12.0. The summed E-state index contributed by atoms with van der Waals surface area (Å²) in [5.41, 5.74) is 0. The minimum Gasteiger partial charge on any atom is -0.382 e. The first-order valence-corrected chi connectivity index (χ1v) is 8.00. The van der Waals surface area contributed by atoms with Gasteiger partial charge in [-0.3, -0.25) is 0 Å². The maximum atomic E-state index is 12.0. The summed E-state index contributed by atoms with van der Waals surface area (Å²) in [6.45, 7) is 1.28. The van der Waals surface area contributed by atoms with Crippen molar-refractivity contribution in [3.8, 4) is 0 Å². The first-order valence-electron chi connectivity index (χ1n) is 5.35. The molecule has 0 aliphatic carbocycles. The molecule has 1 heterocycles. The number of aromatic nitrogens is 1. The predicted molar refractivity (Wildman–Crippen MR) is 74.8 cm³/mol. The Labute approximate surface area is 125 Å². The van der Waals surface area contributed by atoms with E-state index < -0.39 is 10.0 Å². The average Bonchev–Trinajstić information content (AvgIpc) is 2.36. The van der Waals surface area contributed by atoms with E-state index >= 15 is 0 Å². The van der Waals surface area contributed by atoms with E-state index in [1.165, 1.54) is 12.3 Å². The summed E-state index contributed by atoms with van der Waals surface area (Å²) in [6, 6.07) is 1.39. The second-order valence-electron chi connectivity index (χ2n) is 3.45. The van der Waals surface area contributed by atoms with Crippen LogP contribution in [0.25, 0.3) is 0 Å². The number of pyridine rings is 1. The molecule has 6 nitrogen and oxygen atoms in total. The summed E-state index contributed by atoms with van der Waals surface area (Å²) in [5.74, 6) is 0. The van der Waals surface area contributed by atoms with Crippen LogP contribution in [0.2, 0.25) is 5.15 Å². The Morgan fingerprint density at radius 3 is 2.84 bits per heavy atom. The molecule has 0 aliphatic rings. The van der Waals surface area contributed by atoms with Crippen LogP contribution in [-0.4, -0.2) is 46.9 Å². The molecule has 1 N–H and O–H groups in total. The molecule has 0 spiro atoms. The number of ether oxygens (including phenoxy) is 2. The maximum Gasteiger partial charge on any atom is 0.243 e. The van der Waals surface area contributed by atoms with E-state index in [9.17, 15) is 8.42 Å². The van der Waals surface area contributed by atoms with Crippen LogP contribution in [-0.2, 0) is 19.5 Å². The van der Waals surface area contributed by atoms with Gasteiger partial charge in [-0.1, -0.05) is 11.6 Å². The van der Waals surface area contributed by atoms with Gasteiger partial charge in [0, 0.05) is 24.3 Å². The van der Waals surface area contributed by atoms with Crippen LogP contribution in [0, 0.1) is 0 Å². The third-order valence-corrected chi connectivity index (χ3v) is 4.35. The van der Waals surface area contributed by atoms with Crippen molar-refractivity contribution in [1.82, 2.24) is 9.71 Å². The van der Waals surface area contributed by atoms with Gasteiger partial charge in [-0.15, -0.1) is 0 Å². The van der Waals surface area contributed by atoms with Gasteiger partial charge in [0.1, 0.15) is 10.0 Å². The first kappa shape index (κ1) is 16.8.